The minimum absolute atomic E-state index is 0.0141. The third-order valence-corrected chi connectivity index (χ3v) is 6.61. The van der Waals surface area contributed by atoms with Crippen LogP contribution >= 0.6 is 0 Å². The molecule has 0 N–H and O–H groups in total. The lowest BCUT2D eigenvalue weighted by atomic mass is 10.1. The monoisotopic (exact) mass is 397 g/mol. The van der Waals surface area contributed by atoms with Crippen molar-refractivity contribution in [2.45, 2.75) is 16.8 Å². The summed E-state index contributed by atoms with van der Waals surface area (Å²) < 4.78 is 32.7. The Morgan fingerprint density at radius 1 is 0.964 bits per heavy atom. The van der Waals surface area contributed by atoms with Gasteiger partial charge in [-0.1, -0.05) is 35.9 Å². The number of oxazole rings is 1. The summed E-state index contributed by atoms with van der Waals surface area (Å²) in [6, 6.07) is 16.1. The average molecular weight is 398 g/mol. The summed E-state index contributed by atoms with van der Waals surface area (Å²) in [6.07, 6.45) is 0. The lowest BCUT2D eigenvalue weighted by Crippen LogP contribution is -2.44. The van der Waals surface area contributed by atoms with E-state index in [2.05, 4.69) is 16.9 Å². The Kier molecular flexibility index (Phi) is 4.95. The smallest absolute Gasteiger partial charge is 0.236 e. The number of sulfone groups is 1. The first-order valence-electron chi connectivity index (χ1n) is 9.26. The molecule has 0 amide bonds. The molecule has 0 aliphatic carbocycles. The molecule has 1 aliphatic rings. The van der Waals surface area contributed by atoms with E-state index in [1.807, 2.05) is 36.1 Å². The van der Waals surface area contributed by atoms with Gasteiger partial charge in [0.05, 0.1) is 4.90 Å². The predicted octanol–water partition coefficient (Wildman–Crippen LogP) is 3.23. The Balaban J connectivity index is 1.84. The van der Waals surface area contributed by atoms with Crippen LogP contribution in [0.3, 0.4) is 0 Å². The van der Waals surface area contributed by atoms with E-state index >= 15 is 0 Å². The Bertz CT molecular complexity index is 1070. The number of benzene rings is 2. The number of nitrogens with zero attached hydrogens (tertiary/aromatic N) is 3. The third-order valence-electron chi connectivity index (χ3n) is 4.94. The van der Waals surface area contributed by atoms with Gasteiger partial charge in [-0.15, -0.1) is 0 Å². The fourth-order valence-corrected chi connectivity index (χ4v) is 4.64. The summed E-state index contributed by atoms with van der Waals surface area (Å²) in [5.41, 5.74) is 1.83. The Morgan fingerprint density at radius 3 is 2.36 bits per heavy atom. The lowest BCUT2D eigenvalue weighted by Gasteiger charge is -2.32. The van der Waals surface area contributed by atoms with E-state index < -0.39 is 9.84 Å². The van der Waals surface area contributed by atoms with Gasteiger partial charge in [0.25, 0.3) is 0 Å². The van der Waals surface area contributed by atoms with Crippen LogP contribution in [-0.4, -0.2) is 51.5 Å². The van der Waals surface area contributed by atoms with Gasteiger partial charge in [0, 0.05) is 31.7 Å². The molecule has 3 aromatic rings. The van der Waals surface area contributed by atoms with E-state index in [4.69, 9.17) is 4.42 Å². The van der Waals surface area contributed by atoms with Crippen molar-refractivity contribution in [2.75, 3.05) is 38.1 Å². The highest BCUT2D eigenvalue weighted by molar-refractivity contribution is 7.91. The normalized spacial score (nSPS) is 15.7. The Hall–Kier alpha value is -2.64. The first-order valence-corrected chi connectivity index (χ1v) is 10.7. The highest BCUT2D eigenvalue weighted by Gasteiger charge is 2.32. The van der Waals surface area contributed by atoms with Crippen LogP contribution in [0, 0.1) is 6.92 Å². The second-order valence-corrected chi connectivity index (χ2v) is 8.97. The Morgan fingerprint density at radius 2 is 1.68 bits per heavy atom. The Labute approximate surface area is 165 Å². The largest absolute Gasteiger partial charge is 0.419 e. The fourth-order valence-electron chi connectivity index (χ4n) is 3.30. The lowest BCUT2D eigenvalue weighted by molar-refractivity contribution is 0.305. The second-order valence-electron chi connectivity index (χ2n) is 7.11. The van der Waals surface area contributed by atoms with Gasteiger partial charge in [-0.3, -0.25) is 0 Å². The van der Waals surface area contributed by atoms with Crippen molar-refractivity contribution in [3.05, 3.63) is 60.2 Å². The molecule has 0 radical (unpaired) electrons. The average Bonchev–Trinajstić information content (AvgIpc) is 3.16. The number of likely N-dealkylation sites (N-methyl/N-ethyl adjacent to an activating group) is 1. The summed E-state index contributed by atoms with van der Waals surface area (Å²) in [7, 11) is -1.74. The van der Waals surface area contributed by atoms with Crippen LogP contribution in [0.2, 0.25) is 0 Å². The quantitative estimate of drug-likeness (QED) is 0.673. The van der Waals surface area contributed by atoms with Crippen molar-refractivity contribution in [3.8, 4) is 11.5 Å². The van der Waals surface area contributed by atoms with Crippen LogP contribution in [0.1, 0.15) is 5.56 Å². The van der Waals surface area contributed by atoms with E-state index in [9.17, 15) is 8.42 Å². The SMILES string of the molecule is Cc1cccc(-c2nc(S(=O)(=O)c3ccccc3)c(N3CCN(C)CC3)o2)c1. The second kappa shape index (κ2) is 7.41. The number of hydrogen-bond donors (Lipinski definition) is 0. The van der Waals surface area contributed by atoms with Crippen LogP contribution < -0.4 is 4.90 Å². The number of hydrogen-bond acceptors (Lipinski definition) is 6. The number of rotatable bonds is 4. The number of aryl methyl sites for hydroxylation is 1. The predicted molar refractivity (Wildman–Crippen MR) is 108 cm³/mol. The minimum atomic E-state index is -3.79. The number of piperazine rings is 1. The fraction of sp³-hybridized carbons (Fsp3) is 0.286. The number of anilines is 1. The molecule has 0 spiro atoms. The first-order chi connectivity index (χ1) is 13.4. The van der Waals surface area contributed by atoms with Gasteiger partial charge >= 0.3 is 0 Å². The molecule has 7 heteroatoms. The zero-order valence-electron chi connectivity index (χ0n) is 16.0. The molecule has 146 valence electrons. The molecule has 0 saturated carbocycles. The van der Waals surface area contributed by atoms with Gasteiger partial charge < -0.3 is 14.2 Å². The molecule has 6 nitrogen and oxygen atoms in total. The van der Waals surface area contributed by atoms with Crippen molar-refractivity contribution >= 4 is 15.7 Å². The van der Waals surface area contributed by atoms with E-state index in [-0.39, 0.29) is 9.92 Å². The van der Waals surface area contributed by atoms with Crippen LogP contribution in [-0.2, 0) is 9.84 Å². The van der Waals surface area contributed by atoms with Crippen LogP contribution in [0.5, 0.6) is 0 Å². The van der Waals surface area contributed by atoms with Crippen molar-refractivity contribution in [1.29, 1.82) is 0 Å². The molecule has 4 rings (SSSR count). The molecule has 0 bridgehead atoms. The molecule has 2 heterocycles. The topological polar surface area (TPSA) is 66.7 Å². The molecule has 1 aliphatic heterocycles. The molecule has 1 saturated heterocycles. The maximum Gasteiger partial charge on any atom is 0.236 e. The highest BCUT2D eigenvalue weighted by Crippen LogP contribution is 2.35. The summed E-state index contributed by atoms with van der Waals surface area (Å²) in [6.45, 7) is 5.04. The maximum absolute atomic E-state index is 13.3. The third kappa shape index (κ3) is 3.55. The molecule has 1 aromatic heterocycles. The van der Waals surface area contributed by atoms with Crippen LogP contribution in [0.25, 0.3) is 11.5 Å². The molecule has 0 unspecified atom stereocenters. The van der Waals surface area contributed by atoms with Crippen molar-refractivity contribution in [2.24, 2.45) is 0 Å². The molecule has 28 heavy (non-hydrogen) atoms. The first kappa shape index (κ1) is 18.7. The molecule has 0 atom stereocenters. The van der Waals surface area contributed by atoms with Gasteiger partial charge in [-0.05, 0) is 38.2 Å². The molecular formula is C21H23N3O3S. The van der Waals surface area contributed by atoms with Crippen molar-refractivity contribution in [1.82, 2.24) is 9.88 Å². The van der Waals surface area contributed by atoms with Crippen molar-refractivity contribution in [3.63, 3.8) is 0 Å². The maximum atomic E-state index is 13.3. The van der Waals surface area contributed by atoms with Gasteiger partial charge in [-0.2, -0.15) is 4.98 Å². The van der Waals surface area contributed by atoms with E-state index in [1.165, 1.54) is 0 Å². The summed E-state index contributed by atoms with van der Waals surface area (Å²) in [5, 5.41) is -0.0141. The summed E-state index contributed by atoms with van der Waals surface area (Å²) >= 11 is 0. The minimum Gasteiger partial charge on any atom is -0.419 e. The summed E-state index contributed by atoms with van der Waals surface area (Å²) in [4.78, 5) is 8.85. The molecule has 1 fully saturated rings. The zero-order valence-corrected chi connectivity index (χ0v) is 16.8. The summed E-state index contributed by atoms with van der Waals surface area (Å²) in [5.74, 6) is 0.653. The number of aromatic nitrogens is 1. The standard InChI is InChI=1S/C21H23N3O3S/c1-16-7-6-8-17(15-16)19-22-20(28(25,26)18-9-4-3-5-10-18)21(27-19)24-13-11-23(2)12-14-24/h3-10,15H,11-14H2,1-2H3. The molecular weight excluding hydrogens is 374 g/mol. The highest BCUT2D eigenvalue weighted by atomic mass is 32.2. The molecule has 2 aromatic carbocycles. The van der Waals surface area contributed by atoms with E-state index in [0.29, 0.717) is 24.9 Å². The van der Waals surface area contributed by atoms with Gasteiger partial charge in [0.1, 0.15) is 0 Å². The van der Waals surface area contributed by atoms with E-state index in [1.54, 1.807) is 30.3 Å². The van der Waals surface area contributed by atoms with Crippen LogP contribution in [0.4, 0.5) is 5.88 Å². The van der Waals surface area contributed by atoms with Crippen LogP contribution in [0.15, 0.2) is 68.9 Å². The van der Waals surface area contributed by atoms with Crippen molar-refractivity contribution < 1.29 is 12.8 Å². The van der Waals surface area contributed by atoms with Gasteiger partial charge in [-0.25, -0.2) is 8.42 Å². The van der Waals surface area contributed by atoms with Gasteiger partial charge in [0.15, 0.2) is 0 Å². The zero-order chi connectivity index (χ0) is 19.7. The van der Waals surface area contributed by atoms with Gasteiger partial charge in [0.2, 0.25) is 26.6 Å². The van der Waals surface area contributed by atoms with E-state index in [0.717, 1.165) is 24.2 Å².